The third-order valence-corrected chi connectivity index (χ3v) is 10.1. The molecule has 6 atom stereocenters. The lowest BCUT2D eigenvalue weighted by Crippen LogP contribution is -2.50. The summed E-state index contributed by atoms with van der Waals surface area (Å²) in [5, 5.41) is 12.9. The van der Waals surface area contributed by atoms with Crippen molar-refractivity contribution in [3.63, 3.8) is 0 Å². The number of hydrogen-bond donors (Lipinski definition) is 2. The first kappa shape index (κ1) is 26.7. The van der Waals surface area contributed by atoms with Crippen molar-refractivity contribution in [1.29, 1.82) is 0 Å². The fourth-order valence-electron chi connectivity index (χ4n) is 7.18. The Balaban J connectivity index is 1.45. The van der Waals surface area contributed by atoms with Crippen LogP contribution in [0.2, 0.25) is 0 Å². The fourth-order valence-corrected chi connectivity index (χ4v) is 7.18. The highest BCUT2D eigenvalue weighted by molar-refractivity contribution is 5.88. The third kappa shape index (κ3) is 5.47. The van der Waals surface area contributed by atoms with E-state index in [0.717, 1.165) is 30.2 Å². The van der Waals surface area contributed by atoms with Gasteiger partial charge < -0.3 is 15.2 Å². The van der Waals surface area contributed by atoms with Gasteiger partial charge in [0.1, 0.15) is 12.6 Å². The molecule has 4 rings (SSSR count). The number of carbonyl (C=O) groups excluding carboxylic acids is 2. The van der Waals surface area contributed by atoms with E-state index in [-0.39, 0.29) is 12.5 Å². The van der Waals surface area contributed by atoms with Gasteiger partial charge in [0.05, 0.1) is 5.41 Å². The molecule has 1 aromatic rings. The SMILES string of the molecule is CC1(C)[C@@H](C(=O)N[C@@H](CC2CCC3CCCCC3C2)C(=O)OCc2ccccc2)CC[C@@]1(C)C(=O)O. The maximum atomic E-state index is 13.5. The number of rotatable bonds is 8. The average Bonchev–Trinajstić information content (AvgIpc) is 3.12. The second-order valence-corrected chi connectivity index (χ2v) is 12.3. The van der Waals surface area contributed by atoms with E-state index in [9.17, 15) is 19.5 Å². The van der Waals surface area contributed by atoms with Gasteiger partial charge in [0.25, 0.3) is 0 Å². The zero-order valence-corrected chi connectivity index (χ0v) is 22.1. The molecule has 6 nitrogen and oxygen atoms in total. The first-order valence-electron chi connectivity index (χ1n) is 13.9. The maximum absolute atomic E-state index is 13.5. The zero-order valence-electron chi connectivity index (χ0n) is 22.1. The van der Waals surface area contributed by atoms with Crippen molar-refractivity contribution < 1.29 is 24.2 Å². The Hall–Kier alpha value is -2.37. The molecule has 3 fully saturated rings. The highest BCUT2D eigenvalue weighted by atomic mass is 16.5. The Morgan fingerprint density at radius 1 is 1.00 bits per heavy atom. The third-order valence-electron chi connectivity index (χ3n) is 10.1. The van der Waals surface area contributed by atoms with Crippen LogP contribution >= 0.6 is 0 Å². The highest BCUT2D eigenvalue weighted by Gasteiger charge is 2.58. The largest absolute Gasteiger partial charge is 0.481 e. The van der Waals surface area contributed by atoms with E-state index in [1.165, 1.54) is 32.1 Å². The van der Waals surface area contributed by atoms with Crippen LogP contribution < -0.4 is 5.32 Å². The molecule has 0 radical (unpaired) electrons. The summed E-state index contributed by atoms with van der Waals surface area (Å²) in [6.45, 7) is 5.64. The van der Waals surface area contributed by atoms with Crippen LogP contribution in [0.15, 0.2) is 30.3 Å². The van der Waals surface area contributed by atoms with E-state index >= 15 is 0 Å². The van der Waals surface area contributed by atoms with Crippen molar-refractivity contribution in [1.82, 2.24) is 5.32 Å². The van der Waals surface area contributed by atoms with Crippen LogP contribution in [0.25, 0.3) is 0 Å². The quantitative estimate of drug-likeness (QED) is 0.447. The second kappa shape index (κ2) is 10.9. The van der Waals surface area contributed by atoms with E-state index < -0.39 is 34.7 Å². The van der Waals surface area contributed by atoms with Crippen LogP contribution in [0.3, 0.4) is 0 Å². The van der Waals surface area contributed by atoms with Gasteiger partial charge in [-0.15, -0.1) is 0 Å². The Kier molecular flexibility index (Phi) is 8.11. The van der Waals surface area contributed by atoms with E-state index in [0.29, 0.717) is 25.2 Å². The molecule has 0 aliphatic heterocycles. The molecular weight excluding hydrogens is 454 g/mol. The number of ether oxygens (including phenoxy) is 1. The zero-order chi connectivity index (χ0) is 25.9. The molecule has 0 heterocycles. The molecule has 6 heteroatoms. The van der Waals surface area contributed by atoms with E-state index in [1.54, 1.807) is 6.92 Å². The molecule has 36 heavy (non-hydrogen) atoms. The molecule has 3 aliphatic rings. The molecule has 0 saturated heterocycles. The van der Waals surface area contributed by atoms with Gasteiger partial charge in [-0.2, -0.15) is 0 Å². The minimum Gasteiger partial charge on any atom is -0.481 e. The molecule has 0 aromatic heterocycles. The summed E-state index contributed by atoms with van der Waals surface area (Å²) in [7, 11) is 0. The predicted molar refractivity (Wildman–Crippen MR) is 138 cm³/mol. The molecule has 2 N–H and O–H groups in total. The maximum Gasteiger partial charge on any atom is 0.328 e. The van der Waals surface area contributed by atoms with Gasteiger partial charge in [-0.25, -0.2) is 4.79 Å². The van der Waals surface area contributed by atoms with Crippen molar-refractivity contribution in [3.8, 4) is 0 Å². The monoisotopic (exact) mass is 497 g/mol. The van der Waals surface area contributed by atoms with Crippen LogP contribution in [-0.4, -0.2) is 29.0 Å². The summed E-state index contributed by atoms with van der Waals surface area (Å²) >= 11 is 0. The van der Waals surface area contributed by atoms with Gasteiger partial charge in [-0.1, -0.05) is 76.3 Å². The number of aliphatic carboxylic acids is 1. The highest BCUT2D eigenvalue weighted by Crippen LogP contribution is 2.56. The van der Waals surface area contributed by atoms with Gasteiger partial charge >= 0.3 is 11.9 Å². The van der Waals surface area contributed by atoms with Gasteiger partial charge in [-0.05, 0) is 67.8 Å². The Labute approximate surface area is 215 Å². The number of hydrogen-bond acceptors (Lipinski definition) is 4. The molecule has 0 spiro atoms. The number of benzene rings is 1. The van der Waals surface area contributed by atoms with Crippen molar-refractivity contribution >= 4 is 17.8 Å². The minimum absolute atomic E-state index is 0.174. The summed E-state index contributed by atoms with van der Waals surface area (Å²) < 4.78 is 5.69. The first-order valence-corrected chi connectivity index (χ1v) is 13.9. The van der Waals surface area contributed by atoms with Crippen LogP contribution in [0, 0.1) is 34.5 Å². The lowest BCUT2D eigenvalue weighted by molar-refractivity contribution is -0.156. The summed E-state index contributed by atoms with van der Waals surface area (Å²) in [6.07, 6.45) is 10.2. The van der Waals surface area contributed by atoms with Gasteiger partial charge in [0, 0.05) is 5.92 Å². The van der Waals surface area contributed by atoms with E-state index in [2.05, 4.69) is 5.32 Å². The molecule has 1 amide bonds. The van der Waals surface area contributed by atoms with Gasteiger partial charge in [0.2, 0.25) is 5.91 Å². The standard InChI is InChI=1S/C30H43NO5/c1-29(2)24(15-16-30(29,3)28(34)35)26(32)31-25(27(33)36-19-20-9-5-4-6-10-20)18-21-13-14-22-11-7-8-12-23(22)17-21/h4-6,9-10,21-25H,7-8,11-19H2,1-3H3,(H,31,32)(H,34,35)/t21?,22?,23?,24-,25+,30+/m1/s1. The predicted octanol–water partition coefficient (Wildman–Crippen LogP) is 5.74. The second-order valence-electron chi connectivity index (χ2n) is 12.3. The Morgan fingerprint density at radius 3 is 2.36 bits per heavy atom. The number of esters is 1. The number of amides is 1. The normalized spacial score (nSPS) is 32.2. The Morgan fingerprint density at radius 2 is 1.69 bits per heavy atom. The minimum atomic E-state index is -0.975. The average molecular weight is 498 g/mol. The smallest absolute Gasteiger partial charge is 0.328 e. The summed E-state index contributed by atoms with van der Waals surface area (Å²) in [5.74, 6) is -0.00388. The van der Waals surface area contributed by atoms with Gasteiger partial charge in [0.15, 0.2) is 0 Å². The van der Waals surface area contributed by atoms with Crippen molar-refractivity contribution in [2.45, 2.75) is 97.6 Å². The van der Waals surface area contributed by atoms with E-state index in [1.807, 2.05) is 44.2 Å². The number of carbonyl (C=O) groups is 3. The van der Waals surface area contributed by atoms with Crippen LogP contribution in [-0.2, 0) is 25.7 Å². The molecule has 3 aliphatic carbocycles. The van der Waals surface area contributed by atoms with Crippen molar-refractivity contribution in [3.05, 3.63) is 35.9 Å². The summed E-state index contributed by atoms with van der Waals surface area (Å²) in [5.41, 5.74) is -0.785. The molecular formula is C30H43NO5. The topological polar surface area (TPSA) is 92.7 Å². The molecule has 3 saturated carbocycles. The number of fused-ring (bicyclic) bond motifs is 1. The molecule has 1 aromatic carbocycles. The number of carboxylic acid groups (broad SMARTS) is 1. The molecule has 198 valence electrons. The van der Waals surface area contributed by atoms with Crippen LogP contribution in [0.5, 0.6) is 0 Å². The lowest BCUT2D eigenvalue weighted by atomic mass is 9.65. The van der Waals surface area contributed by atoms with Crippen LogP contribution in [0.1, 0.15) is 90.5 Å². The van der Waals surface area contributed by atoms with Crippen molar-refractivity contribution in [2.75, 3.05) is 0 Å². The molecule has 3 unspecified atom stereocenters. The van der Waals surface area contributed by atoms with Crippen molar-refractivity contribution in [2.24, 2.45) is 34.5 Å². The number of nitrogens with one attached hydrogen (secondary N) is 1. The summed E-state index contributed by atoms with van der Waals surface area (Å²) in [6, 6.07) is 8.86. The van der Waals surface area contributed by atoms with E-state index in [4.69, 9.17) is 4.74 Å². The summed E-state index contributed by atoms with van der Waals surface area (Å²) in [4.78, 5) is 38.8. The number of carboxylic acids is 1. The lowest BCUT2D eigenvalue weighted by Gasteiger charge is -2.40. The van der Waals surface area contributed by atoms with Crippen LogP contribution in [0.4, 0.5) is 0 Å². The first-order chi connectivity index (χ1) is 17.1. The molecule has 0 bridgehead atoms. The Bertz CT molecular complexity index is 944. The van der Waals surface area contributed by atoms with Gasteiger partial charge in [-0.3, -0.25) is 9.59 Å². The fraction of sp³-hybridized carbons (Fsp3) is 0.700.